The smallest absolute Gasteiger partial charge is 0.229 e. The Morgan fingerprint density at radius 1 is 1.55 bits per heavy atom. The zero-order chi connectivity index (χ0) is 8.36. The zero-order valence-corrected chi connectivity index (χ0v) is 6.82. The van der Waals surface area contributed by atoms with E-state index in [1.165, 1.54) is 12.5 Å². The van der Waals surface area contributed by atoms with Crippen molar-refractivity contribution in [1.82, 2.24) is 0 Å². The highest BCUT2D eigenvalue weighted by atomic mass is 16.7. The Morgan fingerprint density at radius 3 is 2.36 bits per heavy atom. The summed E-state index contributed by atoms with van der Waals surface area (Å²) in [5.74, 6) is 0. The first-order chi connectivity index (χ1) is 5.41. The van der Waals surface area contributed by atoms with E-state index in [0.29, 0.717) is 13.4 Å². The monoisotopic (exact) mass is 159 g/mol. The second-order valence-electron chi connectivity index (χ2n) is 1.62. The third kappa shape index (κ3) is 8.97. The van der Waals surface area contributed by atoms with Crippen LogP contribution in [0, 0.1) is 0 Å². The zero-order valence-electron chi connectivity index (χ0n) is 6.82. The highest BCUT2D eigenvalue weighted by Gasteiger charge is 1.82. The van der Waals surface area contributed by atoms with E-state index in [1.807, 2.05) is 0 Å². The van der Waals surface area contributed by atoms with Gasteiger partial charge in [0.25, 0.3) is 0 Å². The lowest BCUT2D eigenvalue weighted by Crippen LogP contribution is -1.86. The Balaban J connectivity index is 0.000000183. The fourth-order valence-corrected chi connectivity index (χ4v) is 0.345. The van der Waals surface area contributed by atoms with Crippen LogP contribution in [-0.4, -0.2) is 33.8 Å². The molecule has 0 atom stereocenters. The van der Waals surface area contributed by atoms with Gasteiger partial charge in [-0.1, -0.05) is 0 Å². The van der Waals surface area contributed by atoms with Crippen LogP contribution in [0.2, 0.25) is 0 Å². The number of nitrogens with zero attached hydrogens (tertiary/aromatic N) is 1. The topological polar surface area (TPSA) is 40.0 Å². The van der Waals surface area contributed by atoms with Gasteiger partial charge in [-0.25, -0.2) is 0 Å². The Bertz CT molecular complexity index is 117. The van der Waals surface area contributed by atoms with E-state index in [0.717, 1.165) is 0 Å². The Kier molecular flexibility index (Phi) is 8.13. The van der Waals surface area contributed by atoms with Crippen LogP contribution in [0.5, 0.6) is 0 Å². The predicted octanol–water partition coefficient (Wildman–Crippen LogP) is 0.795. The summed E-state index contributed by atoms with van der Waals surface area (Å²) in [7, 11) is 3.36. The third-order valence-electron chi connectivity index (χ3n) is 0.808. The summed E-state index contributed by atoms with van der Waals surface area (Å²) in [4.78, 5) is 3.68. The van der Waals surface area contributed by atoms with Gasteiger partial charge in [-0.15, -0.1) is 0 Å². The fourth-order valence-electron chi connectivity index (χ4n) is 0.345. The molecule has 0 fully saturated rings. The van der Waals surface area contributed by atoms with Gasteiger partial charge in [-0.3, -0.25) is 4.99 Å². The minimum atomic E-state index is 0.389. The molecule has 1 heterocycles. The number of hydrogen-bond donors (Lipinski definition) is 0. The number of ether oxygens (including phenoxy) is 3. The maximum absolute atomic E-state index is 4.63. The summed E-state index contributed by atoms with van der Waals surface area (Å²) in [6.45, 7) is 1.01. The fraction of sp³-hybridized carbons (Fsp3) is 0.571. The van der Waals surface area contributed by atoms with E-state index in [-0.39, 0.29) is 0 Å². The summed E-state index contributed by atoms with van der Waals surface area (Å²) >= 11 is 0. The number of methoxy groups -OCH3 is 1. The minimum Gasteiger partial charge on any atom is -0.462 e. The molecule has 0 aliphatic carbocycles. The predicted molar refractivity (Wildman–Crippen MR) is 42.5 cm³/mol. The molecule has 0 saturated heterocycles. The molecular formula is C7H13NO3. The first-order valence-electron chi connectivity index (χ1n) is 3.19. The number of rotatable bonds is 2. The molecule has 4 nitrogen and oxygen atoms in total. The van der Waals surface area contributed by atoms with Crippen molar-refractivity contribution in [3.8, 4) is 0 Å². The van der Waals surface area contributed by atoms with Crippen molar-refractivity contribution in [2.24, 2.45) is 4.99 Å². The molecule has 0 aromatic carbocycles. The van der Waals surface area contributed by atoms with Crippen LogP contribution in [-0.2, 0) is 14.2 Å². The molecule has 1 aliphatic heterocycles. The van der Waals surface area contributed by atoms with E-state index < -0.39 is 0 Å². The minimum absolute atomic E-state index is 0.389. The van der Waals surface area contributed by atoms with Crippen LogP contribution in [0.25, 0.3) is 0 Å². The quantitative estimate of drug-likeness (QED) is 0.559. The second-order valence-corrected chi connectivity index (χ2v) is 1.62. The number of aliphatic imine (C=N–C) groups is 1. The van der Waals surface area contributed by atoms with Gasteiger partial charge < -0.3 is 14.2 Å². The van der Waals surface area contributed by atoms with Crippen LogP contribution < -0.4 is 0 Å². The van der Waals surface area contributed by atoms with Gasteiger partial charge in [0.05, 0.1) is 6.61 Å². The molecule has 4 heteroatoms. The molecule has 64 valence electrons. The van der Waals surface area contributed by atoms with Gasteiger partial charge in [0.15, 0.2) is 0 Å². The standard InChI is InChI=1S/C4H9NO.C3H4O2/c1-5-3-4-6-2;1-2-5-3-4-1/h3H,4H2,1-2H3;1-2H,3H2. The molecule has 0 aromatic heterocycles. The lowest BCUT2D eigenvalue weighted by atomic mass is 10.8. The van der Waals surface area contributed by atoms with E-state index in [1.54, 1.807) is 20.4 Å². The molecule has 0 N–H and O–H groups in total. The molecular weight excluding hydrogens is 146 g/mol. The molecule has 0 radical (unpaired) electrons. The van der Waals surface area contributed by atoms with Crippen LogP contribution in [0.4, 0.5) is 0 Å². The van der Waals surface area contributed by atoms with E-state index >= 15 is 0 Å². The highest BCUT2D eigenvalue weighted by Crippen LogP contribution is 1.88. The molecule has 0 unspecified atom stereocenters. The van der Waals surface area contributed by atoms with Crippen LogP contribution >= 0.6 is 0 Å². The van der Waals surface area contributed by atoms with Gasteiger partial charge in [0, 0.05) is 20.4 Å². The van der Waals surface area contributed by atoms with Crippen LogP contribution in [0.3, 0.4) is 0 Å². The molecule has 11 heavy (non-hydrogen) atoms. The Morgan fingerprint density at radius 2 is 2.18 bits per heavy atom. The van der Waals surface area contributed by atoms with Gasteiger partial charge in [-0.2, -0.15) is 0 Å². The van der Waals surface area contributed by atoms with Crippen molar-refractivity contribution in [2.45, 2.75) is 0 Å². The van der Waals surface area contributed by atoms with Crippen molar-refractivity contribution in [2.75, 3.05) is 27.6 Å². The highest BCUT2D eigenvalue weighted by molar-refractivity contribution is 5.57. The average molecular weight is 159 g/mol. The molecule has 1 aliphatic rings. The first kappa shape index (κ1) is 9.97. The Hall–Kier alpha value is -1.03. The summed E-state index contributed by atoms with van der Waals surface area (Å²) in [5, 5.41) is 0. The summed E-state index contributed by atoms with van der Waals surface area (Å²) < 4.78 is 13.7. The summed E-state index contributed by atoms with van der Waals surface area (Å²) in [6, 6.07) is 0. The van der Waals surface area contributed by atoms with Crippen molar-refractivity contribution in [1.29, 1.82) is 0 Å². The van der Waals surface area contributed by atoms with Gasteiger partial charge in [0.2, 0.25) is 6.79 Å². The normalized spacial score (nSPS) is 13.6. The Labute approximate surface area is 66.5 Å². The van der Waals surface area contributed by atoms with Crippen LogP contribution in [0.15, 0.2) is 17.5 Å². The van der Waals surface area contributed by atoms with Gasteiger partial charge in [-0.05, 0) is 0 Å². The van der Waals surface area contributed by atoms with Crippen LogP contribution in [0.1, 0.15) is 0 Å². The third-order valence-corrected chi connectivity index (χ3v) is 0.808. The first-order valence-corrected chi connectivity index (χ1v) is 3.19. The SMILES string of the molecule is C1=COCO1.CN=CCOC. The molecule has 0 saturated carbocycles. The second kappa shape index (κ2) is 8.97. The lowest BCUT2D eigenvalue weighted by Gasteiger charge is -1.82. The van der Waals surface area contributed by atoms with Crippen molar-refractivity contribution in [3.63, 3.8) is 0 Å². The van der Waals surface area contributed by atoms with Crippen molar-refractivity contribution >= 4 is 6.21 Å². The van der Waals surface area contributed by atoms with E-state index in [4.69, 9.17) is 0 Å². The molecule has 1 rings (SSSR count). The van der Waals surface area contributed by atoms with Crippen molar-refractivity contribution in [3.05, 3.63) is 12.5 Å². The average Bonchev–Trinajstić information content (AvgIpc) is 2.57. The van der Waals surface area contributed by atoms with Gasteiger partial charge in [0.1, 0.15) is 12.5 Å². The van der Waals surface area contributed by atoms with Crippen molar-refractivity contribution < 1.29 is 14.2 Å². The number of hydrogen-bond acceptors (Lipinski definition) is 4. The maximum atomic E-state index is 4.63. The lowest BCUT2D eigenvalue weighted by molar-refractivity contribution is 0.0920. The largest absolute Gasteiger partial charge is 0.462 e. The summed E-state index contributed by atoms with van der Waals surface area (Å²) in [6.07, 6.45) is 4.74. The van der Waals surface area contributed by atoms with Gasteiger partial charge >= 0.3 is 0 Å². The molecule has 0 amide bonds. The summed E-state index contributed by atoms with van der Waals surface area (Å²) in [5.41, 5.74) is 0. The van der Waals surface area contributed by atoms with E-state index in [2.05, 4.69) is 19.2 Å². The molecule has 0 spiro atoms. The molecule has 0 aromatic rings. The van der Waals surface area contributed by atoms with E-state index in [9.17, 15) is 0 Å². The molecule has 0 bridgehead atoms. The maximum Gasteiger partial charge on any atom is 0.229 e.